The number of aromatic nitrogens is 2. The molecule has 122 valence electrons. The second kappa shape index (κ2) is 6.89. The quantitative estimate of drug-likeness (QED) is 0.582. The van der Waals surface area contributed by atoms with Crippen molar-refractivity contribution in [2.75, 3.05) is 13.2 Å². The molecule has 1 fully saturated rings. The van der Waals surface area contributed by atoms with E-state index in [9.17, 15) is 14.4 Å². The third kappa shape index (κ3) is 4.28. The highest BCUT2D eigenvalue weighted by atomic mass is 16.5. The Kier molecular flexibility index (Phi) is 5.15. The number of carbonyl (C=O) groups excluding carboxylic acids is 1. The number of nitrogens with one attached hydrogen (secondary N) is 2. The van der Waals surface area contributed by atoms with E-state index < -0.39 is 11.2 Å². The van der Waals surface area contributed by atoms with E-state index in [0.717, 1.165) is 11.0 Å². The number of aryl methyl sites for hydroxylation is 1. The molecule has 0 aromatic carbocycles. The van der Waals surface area contributed by atoms with Crippen molar-refractivity contribution >= 4 is 5.91 Å². The minimum atomic E-state index is -0.613. The smallest absolute Gasteiger partial charge is 0.328 e. The van der Waals surface area contributed by atoms with Crippen LogP contribution in [0, 0.1) is 12.8 Å². The molecule has 1 aliphatic carbocycles. The standard InChI is InChI=1S/C14H21N3O5/c1-8-4-17(14(21)16-13(8)20)5-12(19)15-9(2)7-22-11-3-10(11)6-18/h4,9-11,18H,3,5-7H2,1-2H3,(H,15,19)(H,16,20,21). The van der Waals surface area contributed by atoms with E-state index in [1.54, 1.807) is 13.8 Å². The average molecular weight is 311 g/mol. The summed E-state index contributed by atoms with van der Waals surface area (Å²) in [6, 6.07) is -0.202. The number of hydrogen-bond acceptors (Lipinski definition) is 5. The van der Waals surface area contributed by atoms with Gasteiger partial charge in [0, 0.05) is 30.3 Å². The normalized spacial score (nSPS) is 21.4. The van der Waals surface area contributed by atoms with Crippen LogP contribution in [0.1, 0.15) is 18.9 Å². The number of aliphatic hydroxyl groups excluding tert-OH is 1. The summed E-state index contributed by atoms with van der Waals surface area (Å²) < 4.78 is 6.69. The van der Waals surface area contributed by atoms with Gasteiger partial charge in [-0.3, -0.25) is 19.1 Å². The van der Waals surface area contributed by atoms with Gasteiger partial charge in [-0.25, -0.2) is 4.79 Å². The number of carbonyl (C=O) groups is 1. The molecule has 1 saturated carbocycles. The molecule has 0 bridgehead atoms. The summed E-state index contributed by atoms with van der Waals surface area (Å²) in [7, 11) is 0. The zero-order valence-electron chi connectivity index (χ0n) is 12.7. The molecule has 2 rings (SSSR count). The molecule has 1 heterocycles. The highest BCUT2D eigenvalue weighted by Crippen LogP contribution is 2.32. The SMILES string of the molecule is Cc1cn(CC(=O)NC(C)COC2CC2CO)c(=O)[nH]c1=O. The van der Waals surface area contributed by atoms with E-state index in [1.165, 1.54) is 6.20 Å². The van der Waals surface area contributed by atoms with Crippen LogP contribution in [0.3, 0.4) is 0 Å². The van der Waals surface area contributed by atoms with Crippen molar-refractivity contribution in [1.29, 1.82) is 0 Å². The maximum atomic E-state index is 11.9. The van der Waals surface area contributed by atoms with E-state index in [0.29, 0.717) is 12.2 Å². The van der Waals surface area contributed by atoms with Crippen molar-refractivity contribution < 1.29 is 14.6 Å². The summed E-state index contributed by atoms with van der Waals surface area (Å²) in [6.07, 6.45) is 2.29. The number of nitrogens with zero attached hydrogens (tertiary/aromatic N) is 1. The lowest BCUT2D eigenvalue weighted by atomic mass is 10.3. The van der Waals surface area contributed by atoms with Gasteiger partial charge < -0.3 is 15.2 Å². The molecular formula is C14H21N3O5. The van der Waals surface area contributed by atoms with Gasteiger partial charge in [-0.05, 0) is 20.3 Å². The number of aromatic amines is 1. The largest absolute Gasteiger partial charge is 0.396 e. The van der Waals surface area contributed by atoms with Gasteiger partial charge in [-0.2, -0.15) is 0 Å². The van der Waals surface area contributed by atoms with Gasteiger partial charge in [0.2, 0.25) is 5.91 Å². The Hall–Kier alpha value is -1.93. The summed E-state index contributed by atoms with van der Waals surface area (Å²) in [4.78, 5) is 36.9. The Bertz CT molecular complexity index is 651. The summed E-state index contributed by atoms with van der Waals surface area (Å²) in [5, 5.41) is 11.6. The molecule has 3 unspecified atom stereocenters. The molecule has 1 amide bonds. The van der Waals surface area contributed by atoms with Crippen molar-refractivity contribution in [1.82, 2.24) is 14.9 Å². The number of hydrogen-bond donors (Lipinski definition) is 3. The number of aliphatic hydroxyl groups is 1. The van der Waals surface area contributed by atoms with Crippen LogP contribution in [-0.4, -0.2) is 45.9 Å². The van der Waals surface area contributed by atoms with Crippen LogP contribution in [0.15, 0.2) is 15.8 Å². The molecular weight excluding hydrogens is 290 g/mol. The molecule has 8 nitrogen and oxygen atoms in total. The van der Waals surface area contributed by atoms with Crippen LogP contribution in [0.5, 0.6) is 0 Å². The lowest BCUT2D eigenvalue weighted by Gasteiger charge is -2.15. The van der Waals surface area contributed by atoms with E-state index in [1.807, 2.05) is 0 Å². The zero-order valence-corrected chi connectivity index (χ0v) is 12.7. The summed E-state index contributed by atoms with van der Waals surface area (Å²) in [5.41, 5.74) is -0.697. The highest BCUT2D eigenvalue weighted by molar-refractivity contribution is 5.76. The Labute approximate surface area is 127 Å². The van der Waals surface area contributed by atoms with Gasteiger partial charge in [-0.15, -0.1) is 0 Å². The Balaban J connectivity index is 1.81. The lowest BCUT2D eigenvalue weighted by Crippen LogP contribution is -2.41. The highest BCUT2D eigenvalue weighted by Gasteiger charge is 2.37. The molecule has 8 heteroatoms. The van der Waals surface area contributed by atoms with E-state index in [2.05, 4.69) is 10.3 Å². The molecule has 0 saturated heterocycles. The first-order valence-electron chi connectivity index (χ1n) is 7.23. The maximum Gasteiger partial charge on any atom is 0.328 e. The van der Waals surface area contributed by atoms with Crippen LogP contribution < -0.4 is 16.6 Å². The first-order chi connectivity index (χ1) is 10.4. The first-order valence-corrected chi connectivity index (χ1v) is 7.23. The number of ether oxygens (including phenoxy) is 1. The Morgan fingerprint density at radius 2 is 2.32 bits per heavy atom. The molecule has 1 aromatic rings. The summed E-state index contributed by atoms with van der Waals surface area (Å²) in [6.45, 7) is 3.68. The average Bonchev–Trinajstić information content (AvgIpc) is 3.21. The summed E-state index contributed by atoms with van der Waals surface area (Å²) in [5.74, 6) is -0.121. The topological polar surface area (TPSA) is 113 Å². The fraction of sp³-hybridized carbons (Fsp3) is 0.643. The Morgan fingerprint density at radius 3 is 2.95 bits per heavy atom. The molecule has 1 aliphatic rings. The fourth-order valence-electron chi connectivity index (χ4n) is 2.14. The van der Waals surface area contributed by atoms with Crippen LogP contribution in [0.4, 0.5) is 0 Å². The van der Waals surface area contributed by atoms with Crippen LogP contribution >= 0.6 is 0 Å². The summed E-state index contributed by atoms with van der Waals surface area (Å²) >= 11 is 0. The molecule has 0 spiro atoms. The third-order valence-corrected chi connectivity index (χ3v) is 3.56. The van der Waals surface area contributed by atoms with Gasteiger partial charge in [0.25, 0.3) is 5.56 Å². The molecule has 1 aromatic heterocycles. The van der Waals surface area contributed by atoms with Crippen molar-refractivity contribution in [3.05, 3.63) is 32.6 Å². The minimum Gasteiger partial charge on any atom is -0.396 e. The first kappa shape index (κ1) is 16.4. The van der Waals surface area contributed by atoms with Gasteiger partial charge in [0.15, 0.2) is 0 Å². The van der Waals surface area contributed by atoms with Gasteiger partial charge in [0.05, 0.1) is 12.7 Å². The third-order valence-electron chi connectivity index (χ3n) is 3.56. The number of rotatable bonds is 7. The lowest BCUT2D eigenvalue weighted by molar-refractivity contribution is -0.122. The van der Waals surface area contributed by atoms with Crippen LogP contribution in [0.25, 0.3) is 0 Å². The predicted octanol–water partition coefficient (Wildman–Crippen LogP) is -1.25. The van der Waals surface area contributed by atoms with E-state index in [-0.39, 0.29) is 37.1 Å². The molecule has 0 aliphatic heterocycles. The second-order valence-electron chi connectivity index (χ2n) is 5.72. The monoisotopic (exact) mass is 311 g/mol. The molecule has 3 atom stereocenters. The van der Waals surface area contributed by atoms with Crippen molar-refractivity contribution in [2.45, 2.75) is 39.0 Å². The molecule has 3 N–H and O–H groups in total. The molecule has 22 heavy (non-hydrogen) atoms. The van der Waals surface area contributed by atoms with Gasteiger partial charge >= 0.3 is 5.69 Å². The van der Waals surface area contributed by atoms with Crippen LogP contribution in [-0.2, 0) is 16.1 Å². The van der Waals surface area contributed by atoms with Gasteiger partial charge in [-0.1, -0.05) is 0 Å². The van der Waals surface area contributed by atoms with E-state index in [4.69, 9.17) is 9.84 Å². The van der Waals surface area contributed by atoms with Gasteiger partial charge in [0.1, 0.15) is 6.54 Å². The minimum absolute atomic E-state index is 0.0776. The zero-order chi connectivity index (χ0) is 16.3. The second-order valence-corrected chi connectivity index (χ2v) is 5.72. The van der Waals surface area contributed by atoms with Crippen LogP contribution in [0.2, 0.25) is 0 Å². The maximum absolute atomic E-state index is 11.9. The molecule has 0 radical (unpaired) electrons. The number of H-pyrrole nitrogens is 1. The van der Waals surface area contributed by atoms with E-state index >= 15 is 0 Å². The fourth-order valence-corrected chi connectivity index (χ4v) is 2.14. The predicted molar refractivity (Wildman–Crippen MR) is 78.6 cm³/mol. The van der Waals surface area contributed by atoms with Crippen molar-refractivity contribution in [2.24, 2.45) is 5.92 Å². The Morgan fingerprint density at radius 1 is 1.59 bits per heavy atom. The van der Waals surface area contributed by atoms with Crippen molar-refractivity contribution in [3.8, 4) is 0 Å². The van der Waals surface area contributed by atoms with Crippen molar-refractivity contribution in [3.63, 3.8) is 0 Å². The number of amides is 1.